The lowest BCUT2D eigenvalue weighted by molar-refractivity contribution is 0.295. The molecule has 0 radical (unpaired) electrons. The molecule has 2 aliphatic rings. The van der Waals surface area contributed by atoms with Gasteiger partial charge in [-0.2, -0.15) is 10.2 Å². The fourth-order valence-electron chi connectivity index (χ4n) is 3.80. The SMILES string of the molecule is Cc1nn(C)c(C)c1CN1C[C@@H](CF)[C@H](c2nc(C3CC3)n[nH]2)C1. The summed E-state index contributed by atoms with van der Waals surface area (Å²) in [7, 11) is 1.97. The highest BCUT2D eigenvalue weighted by atomic mass is 19.1. The van der Waals surface area contributed by atoms with Crippen molar-refractivity contribution in [1.29, 1.82) is 0 Å². The number of likely N-dealkylation sites (tertiary alicyclic amines) is 1. The van der Waals surface area contributed by atoms with Gasteiger partial charge >= 0.3 is 0 Å². The van der Waals surface area contributed by atoms with Crippen LogP contribution >= 0.6 is 0 Å². The predicted octanol–water partition coefficient (Wildman–Crippen LogP) is 2.22. The Labute approximate surface area is 141 Å². The number of nitrogens with zero attached hydrogens (tertiary/aromatic N) is 5. The Morgan fingerprint density at radius 3 is 2.67 bits per heavy atom. The van der Waals surface area contributed by atoms with Gasteiger partial charge in [-0.15, -0.1) is 0 Å². The van der Waals surface area contributed by atoms with Crippen molar-refractivity contribution in [2.24, 2.45) is 13.0 Å². The van der Waals surface area contributed by atoms with E-state index < -0.39 is 0 Å². The van der Waals surface area contributed by atoms with Crippen molar-refractivity contribution >= 4 is 0 Å². The van der Waals surface area contributed by atoms with Crippen LogP contribution in [0.1, 0.15) is 53.3 Å². The first-order valence-electron chi connectivity index (χ1n) is 8.76. The summed E-state index contributed by atoms with van der Waals surface area (Å²) in [4.78, 5) is 6.98. The van der Waals surface area contributed by atoms with E-state index >= 15 is 0 Å². The molecule has 7 heteroatoms. The second-order valence-corrected chi connectivity index (χ2v) is 7.34. The molecule has 2 fully saturated rings. The van der Waals surface area contributed by atoms with Crippen LogP contribution in [0.5, 0.6) is 0 Å². The lowest BCUT2D eigenvalue weighted by Crippen LogP contribution is -2.21. The van der Waals surface area contributed by atoms with Crippen molar-refractivity contribution in [3.8, 4) is 0 Å². The van der Waals surface area contributed by atoms with E-state index in [0.29, 0.717) is 5.92 Å². The molecule has 0 aromatic carbocycles. The van der Waals surface area contributed by atoms with E-state index in [4.69, 9.17) is 0 Å². The fourth-order valence-corrected chi connectivity index (χ4v) is 3.80. The molecule has 130 valence electrons. The normalized spacial score (nSPS) is 24.8. The van der Waals surface area contributed by atoms with Crippen LogP contribution in [0, 0.1) is 19.8 Å². The molecule has 0 bridgehead atoms. The van der Waals surface area contributed by atoms with E-state index in [0.717, 1.165) is 37.0 Å². The number of rotatable bonds is 5. The molecule has 1 saturated heterocycles. The molecule has 2 atom stereocenters. The van der Waals surface area contributed by atoms with Crippen molar-refractivity contribution in [1.82, 2.24) is 29.9 Å². The van der Waals surface area contributed by atoms with Gasteiger partial charge in [-0.25, -0.2) is 4.98 Å². The summed E-state index contributed by atoms with van der Waals surface area (Å²) < 4.78 is 15.5. The Morgan fingerprint density at radius 2 is 2.04 bits per heavy atom. The zero-order chi connectivity index (χ0) is 16.8. The number of aromatic amines is 1. The van der Waals surface area contributed by atoms with E-state index in [-0.39, 0.29) is 18.5 Å². The maximum Gasteiger partial charge on any atom is 0.153 e. The molecule has 0 spiro atoms. The highest BCUT2D eigenvalue weighted by Gasteiger charge is 2.37. The van der Waals surface area contributed by atoms with Crippen LogP contribution in [0.15, 0.2) is 0 Å². The molecule has 0 amide bonds. The summed E-state index contributed by atoms with van der Waals surface area (Å²) in [5.41, 5.74) is 3.50. The number of hydrogen-bond acceptors (Lipinski definition) is 4. The number of aryl methyl sites for hydroxylation is 2. The smallest absolute Gasteiger partial charge is 0.153 e. The maximum atomic E-state index is 13.6. The largest absolute Gasteiger partial charge is 0.298 e. The average Bonchev–Trinajstić information content (AvgIpc) is 3.07. The van der Waals surface area contributed by atoms with Gasteiger partial charge in [0.05, 0.1) is 12.4 Å². The Hall–Kier alpha value is -1.76. The first-order chi connectivity index (χ1) is 11.6. The van der Waals surface area contributed by atoms with E-state index in [9.17, 15) is 4.39 Å². The molecule has 2 aromatic rings. The third kappa shape index (κ3) is 2.75. The van der Waals surface area contributed by atoms with Crippen LogP contribution in [-0.4, -0.2) is 49.6 Å². The topological polar surface area (TPSA) is 62.6 Å². The third-order valence-corrected chi connectivity index (χ3v) is 5.57. The van der Waals surface area contributed by atoms with Gasteiger partial charge in [-0.1, -0.05) is 0 Å². The van der Waals surface area contributed by atoms with Crippen molar-refractivity contribution in [2.75, 3.05) is 19.8 Å². The first-order valence-corrected chi connectivity index (χ1v) is 8.76. The van der Waals surface area contributed by atoms with E-state index in [2.05, 4.69) is 32.1 Å². The van der Waals surface area contributed by atoms with E-state index in [1.54, 1.807) is 0 Å². The molecule has 1 aliphatic heterocycles. The van der Waals surface area contributed by atoms with Crippen molar-refractivity contribution in [3.05, 3.63) is 28.6 Å². The van der Waals surface area contributed by atoms with Gasteiger partial charge in [-0.3, -0.25) is 19.1 Å². The second kappa shape index (κ2) is 5.95. The van der Waals surface area contributed by atoms with E-state index in [1.165, 1.54) is 24.1 Å². The molecule has 3 heterocycles. The number of aromatic nitrogens is 5. The number of halogens is 1. The average molecular weight is 332 g/mol. The molecule has 4 rings (SSSR count). The zero-order valence-corrected chi connectivity index (χ0v) is 14.6. The van der Waals surface area contributed by atoms with Gasteiger partial charge in [-0.05, 0) is 26.7 Å². The Kier molecular flexibility index (Phi) is 3.90. The molecule has 1 N–H and O–H groups in total. The van der Waals surface area contributed by atoms with Crippen molar-refractivity contribution in [3.63, 3.8) is 0 Å². The van der Waals surface area contributed by atoms with Gasteiger partial charge in [0.2, 0.25) is 0 Å². The predicted molar refractivity (Wildman–Crippen MR) is 88.5 cm³/mol. The Balaban J connectivity index is 1.50. The fraction of sp³-hybridized carbons (Fsp3) is 0.706. The van der Waals surface area contributed by atoms with Crippen LogP contribution < -0.4 is 0 Å². The van der Waals surface area contributed by atoms with Crippen molar-refractivity contribution in [2.45, 2.75) is 45.1 Å². The summed E-state index contributed by atoms with van der Waals surface area (Å²) in [6.45, 7) is 6.22. The summed E-state index contributed by atoms with van der Waals surface area (Å²) in [5, 5.41) is 11.9. The number of alkyl halides is 1. The van der Waals surface area contributed by atoms with Crippen LogP contribution in [0.2, 0.25) is 0 Å². The minimum Gasteiger partial charge on any atom is -0.298 e. The van der Waals surface area contributed by atoms with E-state index in [1.807, 2.05) is 18.7 Å². The van der Waals surface area contributed by atoms with Crippen LogP contribution in [0.4, 0.5) is 4.39 Å². The van der Waals surface area contributed by atoms with Gasteiger partial charge in [0, 0.05) is 55.7 Å². The molecule has 1 aliphatic carbocycles. The minimum atomic E-state index is -0.314. The number of hydrogen-bond donors (Lipinski definition) is 1. The molecule has 24 heavy (non-hydrogen) atoms. The van der Waals surface area contributed by atoms with Crippen molar-refractivity contribution < 1.29 is 4.39 Å². The first kappa shape index (κ1) is 15.7. The zero-order valence-electron chi connectivity index (χ0n) is 14.6. The molecule has 6 nitrogen and oxygen atoms in total. The Bertz CT molecular complexity index is 732. The third-order valence-electron chi connectivity index (χ3n) is 5.57. The molecule has 1 saturated carbocycles. The number of nitrogens with one attached hydrogen (secondary N) is 1. The van der Waals surface area contributed by atoms with Crippen LogP contribution in [0.25, 0.3) is 0 Å². The van der Waals surface area contributed by atoms with Gasteiger partial charge in [0.1, 0.15) is 5.82 Å². The standard InChI is InChI=1S/C17H25FN6/c1-10-14(11(2)23(3)22-10)8-24-7-13(6-18)15(9-24)17-19-16(20-21-17)12-4-5-12/h12-13,15H,4-9H2,1-3H3,(H,19,20,21)/t13-,15-/m1/s1. The van der Waals surface area contributed by atoms with Crippen LogP contribution in [-0.2, 0) is 13.6 Å². The lowest BCUT2D eigenvalue weighted by atomic mass is 9.97. The summed E-state index contributed by atoms with van der Waals surface area (Å²) in [6, 6.07) is 0. The highest BCUT2D eigenvalue weighted by molar-refractivity contribution is 5.24. The quantitative estimate of drug-likeness (QED) is 0.912. The van der Waals surface area contributed by atoms with Gasteiger partial charge in [0.25, 0.3) is 0 Å². The summed E-state index contributed by atoms with van der Waals surface area (Å²) in [5.74, 6) is 2.40. The van der Waals surface area contributed by atoms with Gasteiger partial charge in [0.15, 0.2) is 5.82 Å². The molecular formula is C17H25FN6. The molecule has 0 unspecified atom stereocenters. The van der Waals surface area contributed by atoms with Crippen LogP contribution in [0.3, 0.4) is 0 Å². The summed E-state index contributed by atoms with van der Waals surface area (Å²) >= 11 is 0. The monoisotopic (exact) mass is 332 g/mol. The second-order valence-electron chi connectivity index (χ2n) is 7.34. The Morgan fingerprint density at radius 1 is 1.25 bits per heavy atom. The highest BCUT2D eigenvalue weighted by Crippen LogP contribution is 2.39. The maximum absolute atomic E-state index is 13.6. The lowest BCUT2D eigenvalue weighted by Gasteiger charge is -2.15. The number of H-pyrrole nitrogens is 1. The molecule has 2 aromatic heterocycles. The molecular weight excluding hydrogens is 307 g/mol. The summed E-state index contributed by atoms with van der Waals surface area (Å²) in [6.07, 6.45) is 2.36. The minimum absolute atomic E-state index is 0.0118. The van der Waals surface area contributed by atoms with Gasteiger partial charge < -0.3 is 0 Å².